The Morgan fingerprint density at radius 3 is 2.90 bits per heavy atom. The molecule has 1 unspecified atom stereocenters. The van der Waals surface area contributed by atoms with Crippen molar-refractivity contribution in [1.82, 2.24) is 10.2 Å². The Labute approximate surface area is 132 Å². The molecule has 1 saturated heterocycles. The van der Waals surface area contributed by atoms with Crippen LogP contribution in [0.1, 0.15) is 24.8 Å². The zero-order valence-corrected chi connectivity index (χ0v) is 13.3. The zero-order chi connectivity index (χ0) is 14.4. The maximum Gasteiger partial charge on any atom is 0.236 e. The lowest BCUT2D eigenvalue weighted by molar-refractivity contribution is -0.132. The van der Waals surface area contributed by atoms with Crippen LogP contribution < -0.4 is 5.32 Å². The van der Waals surface area contributed by atoms with Gasteiger partial charge in [-0.15, -0.1) is 12.4 Å². The summed E-state index contributed by atoms with van der Waals surface area (Å²) in [6.45, 7) is 2.08. The predicted molar refractivity (Wildman–Crippen MR) is 85.2 cm³/mol. The smallest absolute Gasteiger partial charge is 0.236 e. The Hall–Kier alpha value is -1.13. The van der Waals surface area contributed by atoms with E-state index in [2.05, 4.69) is 5.32 Å². The maximum absolute atomic E-state index is 13.6. The van der Waals surface area contributed by atoms with Gasteiger partial charge in [-0.3, -0.25) is 4.79 Å². The van der Waals surface area contributed by atoms with Crippen LogP contribution in [0.5, 0.6) is 0 Å². The average Bonchev–Trinajstić information content (AvgIpc) is 2.47. The number of carbonyl (C=O) groups excluding carboxylic acids is 1. The molecule has 0 bridgehead atoms. The van der Waals surface area contributed by atoms with Gasteiger partial charge >= 0.3 is 0 Å². The molecule has 1 aliphatic heterocycles. The van der Waals surface area contributed by atoms with Gasteiger partial charge in [0.15, 0.2) is 0 Å². The number of likely N-dealkylation sites (N-methyl/N-ethyl adjacent to an activating group) is 1. The highest BCUT2D eigenvalue weighted by Gasteiger charge is 2.23. The number of carbonyl (C=O) groups is 1. The second-order valence-corrected chi connectivity index (χ2v) is 5.51. The van der Waals surface area contributed by atoms with Gasteiger partial charge in [-0.2, -0.15) is 0 Å². The van der Waals surface area contributed by atoms with E-state index in [1.165, 1.54) is 6.07 Å². The molecular formula is C16H24ClFN2O. The molecule has 0 radical (unpaired) electrons. The number of likely N-dealkylation sites (tertiary alicyclic amines) is 1. The normalized spacial score (nSPS) is 18.2. The summed E-state index contributed by atoms with van der Waals surface area (Å²) in [4.78, 5) is 13.8. The van der Waals surface area contributed by atoms with Crippen molar-refractivity contribution in [1.29, 1.82) is 0 Å². The molecule has 1 atom stereocenters. The fourth-order valence-corrected chi connectivity index (χ4v) is 2.85. The van der Waals surface area contributed by atoms with Crippen molar-refractivity contribution in [2.75, 3.05) is 26.7 Å². The largest absolute Gasteiger partial charge is 0.341 e. The van der Waals surface area contributed by atoms with Crippen molar-refractivity contribution in [3.8, 4) is 0 Å². The van der Waals surface area contributed by atoms with Crippen LogP contribution in [0.25, 0.3) is 0 Å². The van der Waals surface area contributed by atoms with Gasteiger partial charge < -0.3 is 10.2 Å². The van der Waals surface area contributed by atoms with Gasteiger partial charge in [0.05, 0.1) is 6.54 Å². The first-order chi connectivity index (χ1) is 9.70. The molecule has 1 aromatic rings. The van der Waals surface area contributed by atoms with Crippen LogP contribution >= 0.6 is 12.4 Å². The number of nitrogens with zero attached hydrogens (tertiary/aromatic N) is 1. The molecule has 1 heterocycles. The molecule has 3 nitrogen and oxygen atoms in total. The Kier molecular flexibility index (Phi) is 7.68. The summed E-state index contributed by atoms with van der Waals surface area (Å²) in [7, 11) is 1.79. The van der Waals surface area contributed by atoms with E-state index in [4.69, 9.17) is 0 Å². The molecule has 1 amide bonds. The minimum Gasteiger partial charge on any atom is -0.341 e. The van der Waals surface area contributed by atoms with Crippen LogP contribution in [0, 0.1) is 11.7 Å². The Bertz CT molecular complexity index is 456. The monoisotopic (exact) mass is 314 g/mol. The Balaban J connectivity index is 0.00000220. The standard InChI is InChI=1S/C16H23FN2O.ClH/c1-18-11-16(20)19-10-4-5-13(12-19)8-9-14-6-2-3-7-15(14)17;/h2-3,6-7,13,18H,4-5,8-12H2,1H3;1H. The highest BCUT2D eigenvalue weighted by molar-refractivity contribution is 5.85. The van der Waals surface area contributed by atoms with E-state index in [1.54, 1.807) is 13.1 Å². The first kappa shape index (κ1) is 17.9. The summed E-state index contributed by atoms with van der Waals surface area (Å²) >= 11 is 0. The molecular weight excluding hydrogens is 291 g/mol. The number of amides is 1. The van der Waals surface area contributed by atoms with Crippen molar-refractivity contribution in [3.63, 3.8) is 0 Å². The molecule has 118 valence electrons. The van der Waals surface area contributed by atoms with Gasteiger partial charge in [0, 0.05) is 13.1 Å². The van der Waals surface area contributed by atoms with Gasteiger partial charge in [0.2, 0.25) is 5.91 Å². The Morgan fingerprint density at radius 2 is 2.19 bits per heavy atom. The fourth-order valence-electron chi connectivity index (χ4n) is 2.85. The maximum atomic E-state index is 13.6. The Morgan fingerprint density at radius 1 is 1.43 bits per heavy atom. The van der Waals surface area contributed by atoms with Gasteiger partial charge in [-0.1, -0.05) is 18.2 Å². The van der Waals surface area contributed by atoms with E-state index in [-0.39, 0.29) is 24.1 Å². The van der Waals surface area contributed by atoms with Crippen LogP contribution in [-0.2, 0) is 11.2 Å². The van der Waals surface area contributed by atoms with Crippen molar-refractivity contribution >= 4 is 18.3 Å². The quantitative estimate of drug-likeness (QED) is 0.906. The van der Waals surface area contributed by atoms with E-state index in [0.717, 1.165) is 44.3 Å². The third-order valence-electron chi connectivity index (χ3n) is 3.98. The molecule has 0 spiro atoms. The molecule has 0 saturated carbocycles. The summed E-state index contributed by atoms with van der Waals surface area (Å²) in [5.41, 5.74) is 0.783. The highest BCUT2D eigenvalue weighted by Crippen LogP contribution is 2.22. The second-order valence-electron chi connectivity index (χ2n) is 5.51. The number of aryl methyl sites for hydroxylation is 1. The number of rotatable bonds is 5. The van der Waals surface area contributed by atoms with E-state index in [1.807, 2.05) is 17.0 Å². The third kappa shape index (κ3) is 5.29. The molecule has 21 heavy (non-hydrogen) atoms. The molecule has 0 aliphatic carbocycles. The summed E-state index contributed by atoms with van der Waals surface area (Å²) in [5, 5.41) is 2.90. The lowest BCUT2D eigenvalue weighted by Crippen LogP contribution is -2.43. The third-order valence-corrected chi connectivity index (χ3v) is 3.98. The average molecular weight is 315 g/mol. The fraction of sp³-hybridized carbons (Fsp3) is 0.562. The lowest BCUT2D eigenvalue weighted by atomic mass is 9.91. The van der Waals surface area contributed by atoms with Crippen LogP contribution in [0.15, 0.2) is 24.3 Å². The summed E-state index contributed by atoms with van der Waals surface area (Å²) in [6, 6.07) is 6.96. The number of hydrogen-bond acceptors (Lipinski definition) is 2. The van der Waals surface area contributed by atoms with E-state index >= 15 is 0 Å². The number of nitrogens with one attached hydrogen (secondary N) is 1. The van der Waals surface area contributed by atoms with Crippen molar-refractivity contribution in [2.24, 2.45) is 5.92 Å². The molecule has 1 aliphatic rings. The number of halogens is 2. The molecule has 1 N–H and O–H groups in total. The van der Waals surface area contributed by atoms with Gasteiger partial charge in [0.25, 0.3) is 0 Å². The van der Waals surface area contributed by atoms with Crippen LogP contribution in [0.2, 0.25) is 0 Å². The summed E-state index contributed by atoms with van der Waals surface area (Å²) < 4.78 is 13.6. The van der Waals surface area contributed by atoms with Gasteiger partial charge in [-0.05, 0) is 50.3 Å². The van der Waals surface area contributed by atoms with Crippen molar-refractivity contribution < 1.29 is 9.18 Å². The lowest BCUT2D eigenvalue weighted by Gasteiger charge is -2.33. The summed E-state index contributed by atoms with van der Waals surface area (Å²) in [6.07, 6.45) is 3.89. The van der Waals surface area contributed by atoms with Crippen molar-refractivity contribution in [2.45, 2.75) is 25.7 Å². The molecule has 5 heteroatoms. The molecule has 1 fully saturated rings. The predicted octanol–water partition coefficient (Wildman–Crippen LogP) is 2.64. The summed E-state index contributed by atoms with van der Waals surface area (Å²) in [5.74, 6) is 0.540. The molecule has 1 aromatic carbocycles. The SMILES string of the molecule is CNCC(=O)N1CCCC(CCc2ccccc2F)C1.Cl. The van der Waals surface area contributed by atoms with E-state index in [9.17, 15) is 9.18 Å². The van der Waals surface area contributed by atoms with E-state index in [0.29, 0.717) is 12.5 Å². The number of hydrogen-bond donors (Lipinski definition) is 1. The zero-order valence-electron chi connectivity index (χ0n) is 12.5. The van der Waals surface area contributed by atoms with Crippen molar-refractivity contribution in [3.05, 3.63) is 35.6 Å². The topological polar surface area (TPSA) is 32.3 Å². The van der Waals surface area contributed by atoms with Crippen LogP contribution in [-0.4, -0.2) is 37.5 Å². The van der Waals surface area contributed by atoms with Crippen LogP contribution in [0.3, 0.4) is 0 Å². The molecule has 2 rings (SSSR count). The van der Waals surface area contributed by atoms with E-state index < -0.39 is 0 Å². The second kappa shape index (κ2) is 9.00. The van der Waals surface area contributed by atoms with Crippen LogP contribution in [0.4, 0.5) is 4.39 Å². The van der Waals surface area contributed by atoms with Gasteiger partial charge in [-0.25, -0.2) is 4.39 Å². The highest BCUT2D eigenvalue weighted by atomic mass is 35.5. The first-order valence-corrected chi connectivity index (χ1v) is 7.36. The minimum absolute atomic E-state index is 0. The van der Waals surface area contributed by atoms with Gasteiger partial charge in [0.1, 0.15) is 5.82 Å². The first-order valence-electron chi connectivity index (χ1n) is 7.36. The number of benzene rings is 1. The minimum atomic E-state index is -0.119. The number of piperidine rings is 1. The molecule has 0 aromatic heterocycles.